The number of hydrogen-bond acceptors (Lipinski definition) is 5. The Balaban J connectivity index is 1.80. The van der Waals surface area contributed by atoms with Gasteiger partial charge in [0.05, 0.1) is 10.6 Å². The number of carbonyl (C=O) groups is 1. The maximum atomic E-state index is 12.5. The van der Waals surface area contributed by atoms with Crippen molar-refractivity contribution < 1.29 is 4.79 Å². The zero-order valence-electron chi connectivity index (χ0n) is 11.9. The lowest BCUT2D eigenvalue weighted by Crippen LogP contribution is -2.03. The van der Waals surface area contributed by atoms with Crippen LogP contribution in [0, 0.1) is 6.92 Å². The van der Waals surface area contributed by atoms with Crippen LogP contribution in [0.15, 0.2) is 35.7 Å². The summed E-state index contributed by atoms with van der Waals surface area (Å²) in [5.41, 5.74) is 1.08. The normalized spacial score (nSPS) is 11.1. The molecule has 0 aliphatic carbocycles. The Bertz CT molecular complexity index is 791. The quantitative estimate of drug-likeness (QED) is 0.530. The van der Waals surface area contributed by atoms with E-state index in [1.807, 2.05) is 30.5 Å². The minimum atomic E-state index is 0.157. The predicted octanol–water partition coefficient (Wildman–Crippen LogP) is 3.80. The monoisotopic (exact) mass is 317 g/mol. The first-order chi connectivity index (χ1) is 10.2. The average molecular weight is 317 g/mol. The molecule has 1 aromatic carbocycles. The van der Waals surface area contributed by atoms with Gasteiger partial charge in [-0.3, -0.25) is 4.79 Å². The lowest BCUT2D eigenvalue weighted by atomic mass is 10.1. The van der Waals surface area contributed by atoms with Crippen molar-refractivity contribution in [3.63, 3.8) is 0 Å². The zero-order chi connectivity index (χ0) is 14.8. The molecule has 6 heteroatoms. The number of nitrogens with zero attached hydrogens (tertiary/aromatic N) is 3. The van der Waals surface area contributed by atoms with Gasteiger partial charge in [-0.15, -0.1) is 21.5 Å². The first-order valence-corrected chi connectivity index (χ1v) is 8.53. The van der Waals surface area contributed by atoms with Gasteiger partial charge in [0, 0.05) is 11.2 Å². The second-order valence-corrected chi connectivity index (χ2v) is 6.66. The van der Waals surface area contributed by atoms with E-state index < -0.39 is 0 Å². The fraction of sp³-hybridized carbons (Fsp3) is 0.267. The van der Waals surface area contributed by atoms with Crippen molar-refractivity contribution in [2.45, 2.75) is 25.5 Å². The molecule has 2 heterocycles. The SMILES string of the molecule is CCn1cnnc1SCC(=O)c1sc2ccccc2c1C. The number of rotatable bonds is 5. The van der Waals surface area contributed by atoms with E-state index in [9.17, 15) is 4.79 Å². The van der Waals surface area contributed by atoms with Crippen LogP contribution in [0.4, 0.5) is 0 Å². The Labute approximate surface area is 131 Å². The minimum Gasteiger partial charge on any atom is -0.309 e. The van der Waals surface area contributed by atoms with Crippen LogP contribution in [0.5, 0.6) is 0 Å². The Hall–Kier alpha value is -1.66. The molecule has 2 aromatic heterocycles. The minimum absolute atomic E-state index is 0.157. The summed E-state index contributed by atoms with van der Waals surface area (Å²) in [6, 6.07) is 8.14. The highest BCUT2D eigenvalue weighted by Crippen LogP contribution is 2.31. The standard InChI is InChI=1S/C15H15N3OS2/c1-3-18-9-16-17-15(18)20-8-12(19)14-10(2)11-6-4-5-7-13(11)21-14/h4-7,9H,3,8H2,1-2H3. The number of thiophene rings is 1. The number of aryl methyl sites for hydroxylation is 2. The van der Waals surface area contributed by atoms with Gasteiger partial charge in [0.25, 0.3) is 0 Å². The first kappa shape index (κ1) is 14.3. The van der Waals surface area contributed by atoms with Gasteiger partial charge in [0.1, 0.15) is 6.33 Å². The highest BCUT2D eigenvalue weighted by atomic mass is 32.2. The Morgan fingerprint density at radius 3 is 2.95 bits per heavy atom. The molecule has 0 amide bonds. The van der Waals surface area contributed by atoms with Crippen LogP contribution >= 0.6 is 23.1 Å². The van der Waals surface area contributed by atoms with E-state index in [2.05, 4.69) is 22.3 Å². The molecule has 108 valence electrons. The number of aromatic nitrogens is 3. The van der Waals surface area contributed by atoms with Crippen molar-refractivity contribution in [1.82, 2.24) is 14.8 Å². The molecule has 0 radical (unpaired) electrons. The van der Waals surface area contributed by atoms with Crippen molar-refractivity contribution in [3.05, 3.63) is 41.0 Å². The second kappa shape index (κ2) is 5.99. The molecule has 0 spiro atoms. The largest absolute Gasteiger partial charge is 0.309 e. The van der Waals surface area contributed by atoms with Crippen molar-refractivity contribution in [1.29, 1.82) is 0 Å². The molecule has 4 nitrogen and oxygen atoms in total. The molecule has 3 aromatic rings. The van der Waals surface area contributed by atoms with E-state index in [0.717, 1.165) is 22.1 Å². The summed E-state index contributed by atoms with van der Waals surface area (Å²) >= 11 is 3.02. The summed E-state index contributed by atoms with van der Waals surface area (Å²) in [6.07, 6.45) is 1.69. The number of Topliss-reactive ketones (excluding diaryl/α,β-unsaturated/α-hetero) is 1. The van der Waals surface area contributed by atoms with Crippen LogP contribution in [0.3, 0.4) is 0 Å². The predicted molar refractivity (Wildman–Crippen MR) is 87.3 cm³/mol. The maximum absolute atomic E-state index is 12.5. The first-order valence-electron chi connectivity index (χ1n) is 6.72. The molecule has 0 saturated carbocycles. The van der Waals surface area contributed by atoms with Crippen molar-refractivity contribution in [2.75, 3.05) is 5.75 Å². The molecular weight excluding hydrogens is 302 g/mol. The molecule has 0 N–H and O–H groups in total. The van der Waals surface area contributed by atoms with E-state index in [1.54, 1.807) is 17.7 Å². The fourth-order valence-corrected chi connectivity index (χ4v) is 4.30. The molecule has 0 unspecified atom stereocenters. The number of fused-ring (bicyclic) bond motifs is 1. The average Bonchev–Trinajstić information content (AvgIpc) is 3.09. The van der Waals surface area contributed by atoms with Gasteiger partial charge in [-0.25, -0.2) is 0 Å². The van der Waals surface area contributed by atoms with E-state index in [0.29, 0.717) is 5.75 Å². The molecule has 3 rings (SSSR count). The Kier molecular flexibility index (Phi) is 4.07. The lowest BCUT2D eigenvalue weighted by molar-refractivity contribution is 0.102. The van der Waals surface area contributed by atoms with Crippen molar-refractivity contribution >= 4 is 39.0 Å². The van der Waals surface area contributed by atoms with Crippen molar-refractivity contribution in [3.8, 4) is 0 Å². The summed E-state index contributed by atoms with van der Waals surface area (Å²) in [7, 11) is 0. The van der Waals surface area contributed by atoms with Crippen molar-refractivity contribution in [2.24, 2.45) is 0 Å². The van der Waals surface area contributed by atoms with E-state index in [-0.39, 0.29) is 5.78 Å². The summed E-state index contributed by atoms with van der Waals surface area (Å²) in [5.74, 6) is 0.552. The molecule has 0 aliphatic heterocycles. The summed E-state index contributed by atoms with van der Waals surface area (Å²) in [6.45, 7) is 4.86. The Morgan fingerprint density at radius 1 is 1.38 bits per heavy atom. The number of ketones is 1. The van der Waals surface area contributed by atoms with Gasteiger partial charge in [0.2, 0.25) is 0 Å². The van der Waals surface area contributed by atoms with Crippen LogP contribution in [0.25, 0.3) is 10.1 Å². The van der Waals surface area contributed by atoms with Crippen LogP contribution < -0.4 is 0 Å². The molecule has 0 atom stereocenters. The third-order valence-electron chi connectivity index (χ3n) is 3.35. The number of benzene rings is 1. The van der Waals surface area contributed by atoms with Gasteiger partial charge in [-0.2, -0.15) is 0 Å². The zero-order valence-corrected chi connectivity index (χ0v) is 13.5. The topological polar surface area (TPSA) is 47.8 Å². The van der Waals surface area contributed by atoms with Crippen LogP contribution in [0.1, 0.15) is 22.2 Å². The van der Waals surface area contributed by atoms with E-state index >= 15 is 0 Å². The van der Waals surface area contributed by atoms with E-state index in [1.165, 1.54) is 21.8 Å². The highest BCUT2D eigenvalue weighted by molar-refractivity contribution is 7.99. The number of thioether (sulfide) groups is 1. The van der Waals surface area contributed by atoms with E-state index in [4.69, 9.17) is 0 Å². The van der Waals surface area contributed by atoms with Gasteiger partial charge >= 0.3 is 0 Å². The van der Waals surface area contributed by atoms with Gasteiger partial charge in [0.15, 0.2) is 10.9 Å². The van der Waals surface area contributed by atoms with Gasteiger partial charge in [-0.05, 0) is 30.9 Å². The third kappa shape index (κ3) is 2.73. The highest BCUT2D eigenvalue weighted by Gasteiger charge is 2.16. The smallest absolute Gasteiger partial charge is 0.191 e. The van der Waals surface area contributed by atoms with Crippen LogP contribution in [-0.4, -0.2) is 26.3 Å². The molecule has 21 heavy (non-hydrogen) atoms. The molecule has 0 aliphatic rings. The van der Waals surface area contributed by atoms with Crippen LogP contribution in [0.2, 0.25) is 0 Å². The summed E-state index contributed by atoms with van der Waals surface area (Å²) in [5, 5.41) is 9.89. The third-order valence-corrected chi connectivity index (χ3v) is 5.64. The number of carbonyl (C=O) groups excluding carboxylic acids is 1. The maximum Gasteiger partial charge on any atom is 0.191 e. The number of hydrogen-bond donors (Lipinski definition) is 0. The molecule has 0 bridgehead atoms. The van der Waals surface area contributed by atoms with Gasteiger partial charge < -0.3 is 4.57 Å². The molecule has 0 saturated heterocycles. The molecule has 0 fully saturated rings. The fourth-order valence-electron chi connectivity index (χ4n) is 2.21. The van der Waals surface area contributed by atoms with Gasteiger partial charge in [-0.1, -0.05) is 30.0 Å². The lowest BCUT2D eigenvalue weighted by Gasteiger charge is -2.02. The summed E-state index contributed by atoms with van der Waals surface area (Å²) < 4.78 is 3.11. The van der Waals surface area contributed by atoms with Crippen LogP contribution in [-0.2, 0) is 6.54 Å². The molecular formula is C15H15N3OS2. The summed E-state index contributed by atoms with van der Waals surface area (Å²) in [4.78, 5) is 13.3. The Morgan fingerprint density at radius 2 is 2.19 bits per heavy atom. The second-order valence-electron chi connectivity index (χ2n) is 4.66.